The lowest BCUT2D eigenvalue weighted by atomic mass is 10.0. The quantitative estimate of drug-likeness (QED) is 0.919. The Morgan fingerprint density at radius 2 is 2.16 bits per heavy atom. The van der Waals surface area contributed by atoms with Crippen molar-refractivity contribution >= 4 is 0 Å². The highest BCUT2D eigenvalue weighted by Crippen LogP contribution is 2.32. The summed E-state index contributed by atoms with van der Waals surface area (Å²) in [6.45, 7) is 2.95. The van der Waals surface area contributed by atoms with Gasteiger partial charge in [-0.25, -0.2) is 4.98 Å². The lowest BCUT2D eigenvalue weighted by Crippen LogP contribution is -2.36. The van der Waals surface area contributed by atoms with Crippen LogP contribution in [0.5, 0.6) is 0 Å². The highest BCUT2D eigenvalue weighted by Gasteiger charge is 2.34. The highest BCUT2D eigenvalue weighted by atomic mass is 19.4. The predicted octanol–water partition coefficient (Wildman–Crippen LogP) is 2.69. The van der Waals surface area contributed by atoms with Crippen LogP contribution in [0.4, 0.5) is 13.2 Å². The first-order valence-corrected chi connectivity index (χ1v) is 8.22. The molecule has 134 valence electrons. The van der Waals surface area contributed by atoms with Crippen molar-refractivity contribution in [3.05, 3.63) is 57.0 Å². The van der Waals surface area contributed by atoms with Crippen LogP contribution in [0.3, 0.4) is 0 Å². The molecule has 5 nitrogen and oxygen atoms in total. The molecule has 1 N–H and O–H groups in total. The van der Waals surface area contributed by atoms with Crippen molar-refractivity contribution in [2.24, 2.45) is 0 Å². The van der Waals surface area contributed by atoms with Gasteiger partial charge in [0.15, 0.2) is 0 Å². The van der Waals surface area contributed by atoms with E-state index in [1.807, 2.05) is 11.8 Å². The lowest BCUT2D eigenvalue weighted by Gasteiger charge is -2.28. The van der Waals surface area contributed by atoms with E-state index in [-0.39, 0.29) is 24.2 Å². The van der Waals surface area contributed by atoms with Crippen molar-refractivity contribution in [2.45, 2.75) is 45.5 Å². The number of nitrogens with one attached hydrogen (secondary N) is 1. The molecule has 0 aliphatic carbocycles. The fraction of sp³-hybridized carbons (Fsp3) is 0.471. The minimum Gasteiger partial charge on any atom is -0.310 e. The van der Waals surface area contributed by atoms with Crippen LogP contribution in [0.1, 0.15) is 41.6 Å². The molecule has 0 aromatic carbocycles. The molecule has 0 saturated carbocycles. The van der Waals surface area contributed by atoms with Gasteiger partial charge in [0.25, 0.3) is 5.56 Å². The monoisotopic (exact) mass is 352 g/mol. The molecule has 1 aliphatic heterocycles. The number of pyridine rings is 1. The van der Waals surface area contributed by atoms with Gasteiger partial charge in [-0.05, 0) is 18.1 Å². The van der Waals surface area contributed by atoms with E-state index < -0.39 is 11.7 Å². The van der Waals surface area contributed by atoms with Gasteiger partial charge in [0.1, 0.15) is 5.82 Å². The normalized spacial score (nSPS) is 15.2. The third-order valence-corrected chi connectivity index (χ3v) is 4.29. The summed E-state index contributed by atoms with van der Waals surface area (Å²) in [5.41, 5.74) is 0.540. The van der Waals surface area contributed by atoms with Crippen LogP contribution in [0.2, 0.25) is 0 Å². The third kappa shape index (κ3) is 3.89. The summed E-state index contributed by atoms with van der Waals surface area (Å²) in [7, 11) is 0. The fourth-order valence-electron chi connectivity index (χ4n) is 3.09. The number of alkyl halides is 3. The first kappa shape index (κ1) is 17.6. The molecule has 0 saturated heterocycles. The highest BCUT2D eigenvalue weighted by molar-refractivity contribution is 5.27. The number of halogens is 3. The number of H-pyrrole nitrogens is 1. The minimum atomic E-state index is -4.42. The summed E-state index contributed by atoms with van der Waals surface area (Å²) in [6, 6.07) is 0.985. The molecule has 1 aliphatic rings. The number of hydrogen-bond donors (Lipinski definition) is 1. The van der Waals surface area contributed by atoms with Crippen LogP contribution in [-0.4, -0.2) is 26.4 Å². The zero-order valence-electron chi connectivity index (χ0n) is 13.9. The number of aromatic amines is 1. The maximum atomic E-state index is 13.1. The van der Waals surface area contributed by atoms with Crippen LogP contribution in [-0.2, 0) is 32.1 Å². The van der Waals surface area contributed by atoms with Gasteiger partial charge in [-0.1, -0.05) is 6.92 Å². The van der Waals surface area contributed by atoms with Gasteiger partial charge in [0.2, 0.25) is 0 Å². The number of hydrogen-bond acceptors (Lipinski definition) is 4. The van der Waals surface area contributed by atoms with Gasteiger partial charge in [0.05, 0.1) is 16.8 Å². The second kappa shape index (κ2) is 6.95. The Labute approximate surface area is 142 Å². The Hall–Kier alpha value is -2.22. The molecule has 2 aromatic heterocycles. The van der Waals surface area contributed by atoms with Crippen LogP contribution >= 0.6 is 0 Å². The molecule has 0 spiro atoms. The lowest BCUT2D eigenvalue weighted by molar-refractivity contribution is -0.138. The molecule has 2 aromatic rings. The molecule has 0 unspecified atom stereocenters. The van der Waals surface area contributed by atoms with E-state index in [0.29, 0.717) is 30.8 Å². The summed E-state index contributed by atoms with van der Waals surface area (Å²) in [6.07, 6.45) is 0.108. The average molecular weight is 352 g/mol. The van der Waals surface area contributed by atoms with E-state index in [2.05, 4.69) is 15.0 Å². The molecule has 0 amide bonds. The molecular weight excluding hydrogens is 333 g/mol. The second-order valence-electron chi connectivity index (χ2n) is 6.18. The molecule has 0 bridgehead atoms. The Morgan fingerprint density at radius 3 is 2.88 bits per heavy atom. The third-order valence-electron chi connectivity index (χ3n) is 4.29. The first-order valence-electron chi connectivity index (χ1n) is 8.22. The van der Waals surface area contributed by atoms with E-state index in [1.54, 1.807) is 0 Å². The Kier molecular flexibility index (Phi) is 4.89. The SMILES string of the molecule is CCCc1nc2c(c(=O)[nH]1)CN(Cc1cnccc1C(F)(F)F)CC2. The smallest absolute Gasteiger partial charge is 0.310 e. The van der Waals surface area contributed by atoms with Crippen LogP contribution in [0.25, 0.3) is 0 Å². The maximum absolute atomic E-state index is 13.1. The number of aromatic nitrogens is 3. The predicted molar refractivity (Wildman–Crippen MR) is 85.9 cm³/mol. The summed E-state index contributed by atoms with van der Waals surface area (Å²) in [5, 5.41) is 0. The largest absolute Gasteiger partial charge is 0.416 e. The zero-order chi connectivity index (χ0) is 18.0. The molecule has 0 fully saturated rings. The second-order valence-corrected chi connectivity index (χ2v) is 6.18. The van der Waals surface area contributed by atoms with Gasteiger partial charge < -0.3 is 4.98 Å². The molecule has 0 atom stereocenters. The Morgan fingerprint density at radius 1 is 1.36 bits per heavy atom. The van der Waals surface area contributed by atoms with Gasteiger partial charge in [-0.15, -0.1) is 0 Å². The number of aryl methyl sites for hydroxylation is 1. The number of fused-ring (bicyclic) bond motifs is 1. The summed E-state index contributed by atoms with van der Waals surface area (Å²) < 4.78 is 39.3. The minimum absolute atomic E-state index is 0.0955. The Balaban J connectivity index is 1.82. The van der Waals surface area contributed by atoms with Crippen LogP contribution < -0.4 is 5.56 Å². The van der Waals surface area contributed by atoms with Crippen molar-refractivity contribution < 1.29 is 13.2 Å². The van der Waals surface area contributed by atoms with Crippen molar-refractivity contribution in [1.29, 1.82) is 0 Å². The van der Waals surface area contributed by atoms with Crippen molar-refractivity contribution in [3.63, 3.8) is 0 Å². The molecule has 25 heavy (non-hydrogen) atoms. The van der Waals surface area contributed by atoms with Crippen molar-refractivity contribution in [3.8, 4) is 0 Å². The molecular formula is C17H19F3N4O. The number of rotatable bonds is 4. The van der Waals surface area contributed by atoms with Gasteiger partial charge in [-0.3, -0.25) is 14.7 Å². The van der Waals surface area contributed by atoms with Crippen LogP contribution in [0.15, 0.2) is 23.3 Å². The Bertz CT molecular complexity index is 816. The zero-order valence-corrected chi connectivity index (χ0v) is 13.9. The van der Waals surface area contributed by atoms with E-state index in [1.165, 1.54) is 6.20 Å². The van der Waals surface area contributed by atoms with Crippen molar-refractivity contribution in [1.82, 2.24) is 19.9 Å². The summed E-state index contributed by atoms with van der Waals surface area (Å²) >= 11 is 0. The van der Waals surface area contributed by atoms with Gasteiger partial charge in [-0.2, -0.15) is 13.2 Å². The first-order chi connectivity index (χ1) is 11.9. The fourth-order valence-corrected chi connectivity index (χ4v) is 3.09. The average Bonchev–Trinajstić information content (AvgIpc) is 2.55. The van der Waals surface area contributed by atoms with E-state index in [0.717, 1.165) is 24.4 Å². The standard InChI is InChI=1S/C17H19F3N4O/c1-2-3-15-22-14-5-7-24(10-12(14)16(25)23-15)9-11-8-21-6-4-13(11)17(18,19)20/h4,6,8H,2-3,5,7,9-10H2,1H3,(H,22,23,25). The molecule has 3 rings (SSSR count). The van der Waals surface area contributed by atoms with Crippen LogP contribution in [0, 0.1) is 0 Å². The summed E-state index contributed by atoms with van der Waals surface area (Å²) in [5.74, 6) is 0.673. The molecule has 3 heterocycles. The van der Waals surface area contributed by atoms with E-state index in [9.17, 15) is 18.0 Å². The van der Waals surface area contributed by atoms with Crippen molar-refractivity contribution in [2.75, 3.05) is 6.54 Å². The molecule has 0 radical (unpaired) electrons. The summed E-state index contributed by atoms with van der Waals surface area (Å²) in [4.78, 5) is 25.2. The topological polar surface area (TPSA) is 61.9 Å². The van der Waals surface area contributed by atoms with Gasteiger partial charge in [0, 0.05) is 44.9 Å². The van der Waals surface area contributed by atoms with E-state index >= 15 is 0 Å². The number of nitrogens with zero attached hydrogens (tertiary/aromatic N) is 3. The maximum Gasteiger partial charge on any atom is 0.416 e. The van der Waals surface area contributed by atoms with E-state index in [4.69, 9.17) is 0 Å². The van der Waals surface area contributed by atoms with Gasteiger partial charge >= 0.3 is 6.18 Å². The molecule has 8 heteroatoms.